The van der Waals surface area contributed by atoms with E-state index in [-0.39, 0.29) is 17.8 Å². The Kier molecular flexibility index (Phi) is 6.46. The van der Waals surface area contributed by atoms with Gasteiger partial charge >= 0.3 is 0 Å². The Morgan fingerprint density at radius 1 is 1.03 bits per heavy atom. The highest BCUT2D eigenvalue weighted by atomic mass is 35.5. The molecule has 0 atom stereocenters. The zero-order valence-corrected chi connectivity index (χ0v) is 17.1. The van der Waals surface area contributed by atoms with Crippen LogP contribution in [0.1, 0.15) is 26.3 Å². The normalized spacial score (nSPS) is 10.7. The minimum atomic E-state index is -0.613. The molecule has 10 heteroatoms. The van der Waals surface area contributed by atoms with E-state index in [9.17, 15) is 9.59 Å². The number of hydrazine groups is 1. The Labute approximate surface area is 181 Å². The number of halogens is 3. The van der Waals surface area contributed by atoms with Crippen molar-refractivity contribution in [3.63, 3.8) is 0 Å². The molecule has 0 saturated carbocycles. The summed E-state index contributed by atoms with van der Waals surface area (Å²) in [4.78, 5) is 24.9. The second-order valence-electron chi connectivity index (χ2n) is 6.00. The van der Waals surface area contributed by atoms with Crippen molar-refractivity contribution >= 4 is 52.3 Å². The van der Waals surface area contributed by atoms with Gasteiger partial charge in [-0.1, -0.05) is 40.9 Å². The monoisotopic (exact) mass is 451 g/mol. The molecule has 7 nitrogen and oxygen atoms in total. The predicted molar refractivity (Wildman–Crippen MR) is 115 cm³/mol. The maximum absolute atomic E-state index is 12.8. The SMILES string of the molecule is NCc1cc(Cl)cc(C(=O)NN)c1NC(=O)c1ccn(-c2c(Cl)cccc2Cl)c1. The van der Waals surface area contributed by atoms with Gasteiger partial charge in [-0.05, 0) is 35.9 Å². The quantitative estimate of drug-likeness (QED) is 0.268. The number of nitrogens with one attached hydrogen (secondary N) is 2. The van der Waals surface area contributed by atoms with E-state index in [0.29, 0.717) is 31.9 Å². The van der Waals surface area contributed by atoms with E-state index in [4.69, 9.17) is 46.4 Å². The molecular formula is C19H16Cl3N5O2. The zero-order chi connectivity index (χ0) is 21.1. The number of aromatic nitrogens is 1. The van der Waals surface area contributed by atoms with Crippen LogP contribution in [-0.4, -0.2) is 16.4 Å². The van der Waals surface area contributed by atoms with Crippen LogP contribution in [0.2, 0.25) is 15.1 Å². The van der Waals surface area contributed by atoms with Gasteiger partial charge in [0, 0.05) is 24.0 Å². The molecule has 0 radical (unpaired) electrons. The Bertz CT molecular complexity index is 1080. The number of anilines is 1. The van der Waals surface area contributed by atoms with E-state index in [1.807, 2.05) is 5.43 Å². The van der Waals surface area contributed by atoms with Crippen molar-refractivity contribution in [2.24, 2.45) is 11.6 Å². The molecule has 3 rings (SSSR count). The van der Waals surface area contributed by atoms with Crippen LogP contribution < -0.4 is 22.3 Å². The molecule has 29 heavy (non-hydrogen) atoms. The first-order valence-corrected chi connectivity index (χ1v) is 9.46. The molecule has 6 N–H and O–H groups in total. The van der Waals surface area contributed by atoms with Crippen LogP contribution in [0.4, 0.5) is 5.69 Å². The minimum absolute atomic E-state index is 0.0528. The van der Waals surface area contributed by atoms with Gasteiger partial charge in [0.1, 0.15) is 0 Å². The summed E-state index contributed by atoms with van der Waals surface area (Å²) >= 11 is 18.5. The fraction of sp³-hybridized carbons (Fsp3) is 0.0526. The molecule has 3 aromatic rings. The summed E-state index contributed by atoms with van der Waals surface area (Å²) in [6.45, 7) is 0.0528. The molecule has 0 aliphatic heterocycles. The molecule has 0 bridgehead atoms. The van der Waals surface area contributed by atoms with Crippen LogP contribution >= 0.6 is 34.8 Å². The van der Waals surface area contributed by atoms with Gasteiger partial charge in [-0.25, -0.2) is 5.84 Å². The Morgan fingerprint density at radius 2 is 1.72 bits per heavy atom. The van der Waals surface area contributed by atoms with Crippen LogP contribution in [0, 0.1) is 0 Å². The van der Waals surface area contributed by atoms with Gasteiger partial charge in [0.15, 0.2) is 0 Å². The highest BCUT2D eigenvalue weighted by Gasteiger charge is 2.19. The van der Waals surface area contributed by atoms with Crippen LogP contribution in [0.3, 0.4) is 0 Å². The highest BCUT2D eigenvalue weighted by Crippen LogP contribution is 2.30. The van der Waals surface area contributed by atoms with Gasteiger partial charge < -0.3 is 15.6 Å². The topological polar surface area (TPSA) is 115 Å². The lowest BCUT2D eigenvalue weighted by Gasteiger charge is -2.15. The highest BCUT2D eigenvalue weighted by molar-refractivity contribution is 6.37. The van der Waals surface area contributed by atoms with Crippen molar-refractivity contribution in [3.8, 4) is 5.69 Å². The lowest BCUT2D eigenvalue weighted by atomic mass is 10.1. The summed E-state index contributed by atoms with van der Waals surface area (Å²) in [6, 6.07) is 9.68. The predicted octanol–water partition coefficient (Wildman–Crippen LogP) is 3.75. The first-order valence-electron chi connectivity index (χ1n) is 8.33. The summed E-state index contributed by atoms with van der Waals surface area (Å²) in [6.07, 6.45) is 3.23. The van der Waals surface area contributed by atoms with Crippen molar-refractivity contribution in [2.45, 2.75) is 6.54 Å². The van der Waals surface area contributed by atoms with E-state index < -0.39 is 11.8 Å². The molecule has 1 heterocycles. The Balaban J connectivity index is 1.96. The van der Waals surface area contributed by atoms with Crippen molar-refractivity contribution < 1.29 is 9.59 Å². The molecule has 0 spiro atoms. The van der Waals surface area contributed by atoms with Gasteiger partial charge in [-0.3, -0.25) is 15.0 Å². The van der Waals surface area contributed by atoms with E-state index in [0.717, 1.165) is 0 Å². The van der Waals surface area contributed by atoms with Crippen molar-refractivity contribution in [1.29, 1.82) is 0 Å². The van der Waals surface area contributed by atoms with E-state index >= 15 is 0 Å². The average molecular weight is 453 g/mol. The third kappa shape index (κ3) is 4.39. The number of amides is 2. The largest absolute Gasteiger partial charge is 0.326 e. The van der Waals surface area contributed by atoms with E-state index in [1.54, 1.807) is 47.3 Å². The molecule has 0 fully saturated rings. The summed E-state index contributed by atoms with van der Waals surface area (Å²) in [5.74, 6) is 4.16. The number of rotatable bonds is 5. The molecule has 0 aliphatic rings. The molecule has 150 valence electrons. The number of nitrogens with zero attached hydrogens (tertiary/aromatic N) is 1. The van der Waals surface area contributed by atoms with Gasteiger partial charge in [0.25, 0.3) is 11.8 Å². The Hall–Kier alpha value is -2.55. The molecule has 2 amide bonds. The number of benzene rings is 2. The van der Waals surface area contributed by atoms with Gasteiger partial charge in [0.05, 0.1) is 32.5 Å². The average Bonchev–Trinajstić information content (AvgIpc) is 3.18. The maximum Gasteiger partial charge on any atom is 0.267 e. The fourth-order valence-corrected chi connectivity index (χ4v) is 3.65. The first kappa shape index (κ1) is 21.2. The van der Waals surface area contributed by atoms with Crippen LogP contribution in [-0.2, 0) is 6.54 Å². The second-order valence-corrected chi connectivity index (χ2v) is 7.25. The summed E-state index contributed by atoms with van der Waals surface area (Å²) in [5, 5.41) is 3.87. The van der Waals surface area contributed by atoms with Crippen molar-refractivity contribution in [3.05, 3.63) is 80.6 Å². The number of hydrogen-bond acceptors (Lipinski definition) is 4. The number of nitrogens with two attached hydrogens (primary N) is 2. The number of hydrogen-bond donors (Lipinski definition) is 4. The van der Waals surface area contributed by atoms with E-state index in [1.165, 1.54) is 6.07 Å². The van der Waals surface area contributed by atoms with Crippen LogP contribution in [0.5, 0.6) is 0 Å². The molecule has 1 aromatic heterocycles. The molecular weight excluding hydrogens is 437 g/mol. The molecule has 0 unspecified atom stereocenters. The van der Waals surface area contributed by atoms with E-state index in [2.05, 4.69) is 5.32 Å². The smallest absolute Gasteiger partial charge is 0.267 e. The number of carbonyl (C=O) groups excluding carboxylic acids is 2. The molecule has 0 saturated heterocycles. The third-order valence-corrected chi connectivity index (χ3v) is 5.00. The van der Waals surface area contributed by atoms with Gasteiger partial charge in [-0.15, -0.1) is 0 Å². The van der Waals surface area contributed by atoms with Gasteiger partial charge in [0.2, 0.25) is 0 Å². The molecule has 2 aromatic carbocycles. The van der Waals surface area contributed by atoms with Crippen molar-refractivity contribution in [1.82, 2.24) is 9.99 Å². The lowest BCUT2D eigenvalue weighted by molar-refractivity contribution is 0.0954. The standard InChI is InChI=1S/C19H16Cl3N5O2/c20-12-6-11(8-23)16(13(7-12)19(29)26-24)25-18(28)10-4-5-27(9-10)17-14(21)2-1-3-15(17)22/h1-7,9H,8,23-24H2,(H,25,28)(H,26,29). The van der Waals surface area contributed by atoms with Crippen LogP contribution in [0.15, 0.2) is 48.8 Å². The van der Waals surface area contributed by atoms with Crippen LogP contribution in [0.25, 0.3) is 5.69 Å². The number of para-hydroxylation sites is 1. The summed E-state index contributed by atoms with van der Waals surface area (Å²) < 4.78 is 1.64. The fourth-order valence-electron chi connectivity index (χ4n) is 2.82. The Morgan fingerprint density at radius 3 is 2.34 bits per heavy atom. The maximum atomic E-state index is 12.8. The summed E-state index contributed by atoms with van der Waals surface area (Å²) in [7, 11) is 0. The lowest BCUT2D eigenvalue weighted by Crippen LogP contribution is -2.31. The molecule has 0 aliphatic carbocycles. The minimum Gasteiger partial charge on any atom is -0.326 e. The summed E-state index contributed by atoms with van der Waals surface area (Å²) in [5.41, 5.74) is 9.46. The zero-order valence-electron chi connectivity index (χ0n) is 14.9. The van der Waals surface area contributed by atoms with Gasteiger partial charge in [-0.2, -0.15) is 0 Å². The van der Waals surface area contributed by atoms with Crippen molar-refractivity contribution in [2.75, 3.05) is 5.32 Å². The number of nitrogen functional groups attached to an aromatic ring is 1. The first-order chi connectivity index (χ1) is 13.8. The third-order valence-electron chi connectivity index (χ3n) is 4.17. The second kappa shape index (κ2) is 8.86. The number of carbonyl (C=O) groups is 2.